The topological polar surface area (TPSA) is 105 Å². The first-order valence-corrected chi connectivity index (χ1v) is 10.4. The summed E-state index contributed by atoms with van der Waals surface area (Å²) in [6.45, 7) is 5.52. The standard InChI is InChI=1S/C22H29N3O5/c1-13-7-6-10-18(14(13)2)25-12-16(11-19(25)26)21(28)30-15(3)20(27)24-22(29)23-17-8-4-5-9-17/h6-7,10,15-17H,4-5,8-9,11-12H2,1-3H3,(H2,23,24,27,29)/t15-,16+/m1/s1. The Morgan fingerprint density at radius 1 is 1.17 bits per heavy atom. The zero-order chi connectivity index (χ0) is 21.8. The van der Waals surface area contributed by atoms with Crippen molar-refractivity contribution in [1.82, 2.24) is 10.6 Å². The lowest BCUT2D eigenvalue weighted by Crippen LogP contribution is -2.47. The van der Waals surface area contributed by atoms with Crippen molar-refractivity contribution in [2.75, 3.05) is 11.4 Å². The maximum absolute atomic E-state index is 12.5. The molecule has 1 aliphatic carbocycles. The minimum atomic E-state index is -1.13. The van der Waals surface area contributed by atoms with Crippen molar-refractivity contribution < 1.29 is 23.9 Å². The number of hydrogen-bond donors (Lipinski definition) is 2. The van der Waals surface area contributed by atoms with Gasteiger partial charge in [-0.05, 0) is 50.8 Å². The number of carbonyl (C=O) groups is 4. The molecule has 1 saturated heterocycles. The summed E-state index contributed by atoms with van der Waals surface area (Å²) in [4.78, 5) is 50.7. The minimum absolute atomic E-state index is 0.0305. The predicted molar refractivity (Wildman–Crippen MR) is 111 cm³/mol. The fourth-order valence-corrected chi connectivity index (χ4v) is 3.96. The van der Waals surface area contributed by atoms with Crippen LogP contribution in [0.25, 0.3) is 0 Å². The second-order valence-corrected chi connectivity index (χ2v) is 8.15. The molecule has 8 heteroatoms. The molecule has 0 unspecified atom stereocenters. The number of imide groups is 1. The van der Waals surface area contributed by atoms with Crippen molar-refractivity contribution in [2.45, 2.75) is 65.0 Å². The molecule has 1 saturated carbocycles. The molecule has 0 aromatic heterocycles. The number of rotatable bonds is 5. The quantitative estimate of drug-likeness (QED) is 0.719. The fourth-order valence-electron chi connectivity index (χ4n) is 3.96. The molecule has 2 N–H and O–H groups in total. The lowest BCUT2D eigenvalue weighted by atomic mass is 10.1. The summed E-state index contributed by atoms with van der Waals surface area (Å²) in [5, 5.41) is 4.97. The van der Waals surface area contributed by atoms with E-state index in [1.807, 2.05) is 32.0 Å². The van der Waals surface area contributed by atoms with Gasteiger partial charge in [0.15, 0.2) is 6.10 Å². The highest BCUT2D eigenvalue weighted by Crippen LogP contribution is 2.30. The van der Waals surface area contributed by atoms with E-state index < -0.39 is 29.9 Å². The molecule has 4 amide bonds. The highest BCUT2D eigenvalue weighted by molar-refractivity contribution is 6.01. The molecule has 0 spiro atoms. The molecule has 2 aliphatic rings. The van der Waals surface area contributed by atoms with Crippen LogP contribution in [-0.2, 0) is 19.1 Å². The number of aryl methyl sites for hydroxylation is 1. The van der Waals surface area contributed by atoms with E-state index in [-0.39, 0.29) is 24.9 Å². The Morgan fingerprint density at radius 3 is 2.57 bits per heavy atom. The molecular weight excluding hydrogens is 386 g/mol. The zero-order valence-corrected chi connectivity index (χ0v) is 17.7. The molecule has 1 aliphatic heterocycles. The average Bonchev–Trinajstić information content (AvgIpc) is 3.33. The number of amides is 4. The third kappa shape index (κ3) is 4.98. The molecule has 1 heterocycles. The molecule has 2 atom stereocenters. The van der Waals surface area contributed by atoms with Crippen LogP contribution in [0.3, 0.4) is 0 Å². The summed E-state index contributed by atoms with van der Waals surface area (Å²) in [7, 11) is 0. The van der Waals surface area contributed by atoms with Crippen LogP contribution in [0.1, 0.15) is 50.2 Å². The summed E-state index contributed by atoms with van der Waals surface area (Å²) in [6, 6.07) is 5.20. The van der Waals surface area contributed by atoms with Crippen molar-refractivity contribution in [2.24, 2.45) is 5.92 Å². The first kappa shape index (κ1) is 21.8. The molecule has 0 bridgehead atoms. The van der Waals surface area contributed by atoms with Crippen LogP contribution in [0, 0.1) is 19.8 Å². The van der Waals surface area contributed by atoms with E-state index in [4.69, 9.17) is 4.74 Å². The first-order chi connectivity index (χ1) is 14.3. The molecule has 0 radical (unpaired) electrons. The number of ether oxygens (including phenoxy) is 1. The SMILES string of the molecule is Cc1cccc(N2C[C@@H](C(=O)O[C@H](C)C(=O)NC(=O)NC3CCCC3)CC2=O)c1C. The highest BCUT2D eigenvalue weighted by Gasteiger charge is 2.38. The van der Waals surface area contributed by atoms with E-state index >= 15 is 0 Å². The van der Waals surface area contributed by atoms with Crippen LogP contribution in [0.15, 0.2) is 18.2 Å². The summed E-state index contributed by atoms with van der Waals surface area (Å²) in [6.07, 6.45) is 2.83. The van der Waals surface area contributed by atoms with Gasteiger partial charge in [-0.25, -0.2) is 4.79 Å². The molecule has 1 aromatic rings. The van der Waals surface area contributed by atoms with E-state index in [9.17, 15) is 19.2 Å². The van der Waals surface area contributed by atoms with Crippen molar-refractivity contribution in [1.29, 1.82) is 0 Å². The van der Waals surface area contributed by atoms with E-state index in [2.05, 4.69) is 10.6 Å². The second-order valence-electron chi connectivity index (χ2n) is 8.15. The summed E-state index contributed by atoms with van der Waals surface area (Å²) < 4.78 is 5.24. The molecule has 3 rings (SSSR count). The number of urea groups is 1. The lowest BCUT2D eigenvalue weighted by molar-refractivity contribution is -0.158. The van der Waals surface area contributed by atoms with Crippen LogP contribution in [0.5, 0.6) is 0 Å². The van der Waals surface area contributed by atoms with Crippen molar-refractivity contribution >= 4 is 29.5 Å². The number of nitrogens with one attached hydrogen (secondary N) is 2. The van der Waals surface area contributed by atoms with Crippen LogP contribution in [-0.4, -0.2) is 42.5 Å². The van der Waals surface area contributed by atoms with Gasteiger partial charge in [0.1, 0.15) is 0 Å². The molecule has 30 heavy (non-hydrogen) atoms. The molecule has 162 valence electrons. The Labute approximate surface area is 176 Å². The molecular formula is C22H29N3O5. The number of benzene rings is 1. The number of nitrogens with zero attached hydrogens (tertiary/aromatic N) is 1. The maximum atomic E-state index is 12.5. The maximum Gasteiger partial charge on any atom is 0.321 e. The molecule has 8 nitrogen and oxygen atoms in total. The van der Waals surface area contributed by atoms with Crippen molar-refractivity contribution in [3.8, 4) is 0 Å². The highest BCUT2D eigenvalue weighted by atomic mass is 16.5. The van der Waals surface area contributed by atoms with Gasteiger partial charge in [0.2, 0.25) is 5.91 Å². The number of hydrogen-bond acceptors (Lipinski definition) is 5. The van der Waals surface area contributed by atoms with Gasteiger partial charge in [0.25, 0.3) is 5.91 Å². The zero-order valence-electron chi connectivity index (χ0n) is 17.7. The average molecular weight is 415 g/mol. The largest absolute Gasteiger partial charge is 0.452 e. The Balaban J connectivity index is 1.52. The van der Waals surface area contributed by atoms with Gasteiger partial charge in [-0.3, -0.25) is 19.7 Å². The Bertz CT molecular complexity index is 847. The van der Waals surface area contributed by atoms with Crippen LogP contribution < -0.4 is 15.5 Å². The molecule has 2 fully saturated rings. The van der Waals surface area contributed by atoms with Gasteiger partial charge in [-0.1, -0.05) is 25.0 Å². The van der Waals surface area contributed by atoms with Gasteiger partial charge in [0.05, 0.1) is 5.92 Å². The molecule has 1 aromatic carbocycles. The van der Waals surface area contributed by atoms with Gasteiger partial charge in [0, 0.05) is 24.7 Å². The third-order valence-electron chi connectivity index (χ3n) is 5.91. The van der Waals surface area contributed by atoms with Crippen molar-refractivity contribution in [3.63, 3.8) is 0 Å². The van der Waals surface area contributed by atoms with E-state index in [1.54, 1.807) is 4.90 Å². The van der Waals surface area contributed by atoms with Gasteiger partial charge in [-0.15, -0.1) is 0 Å². The van der Waals surface area contributed by atoms with Gasteiger partial charge < -0.3 is 15.0 Å². The van der Waals surface area contributed by atoms with E-state index in [0.29, 0.717) is 0 Å². The lowest BCUT2D eigenvalue weighted by Gasteiger charge is -2.20. The van der Waals surface area contributed by atoms with Crippen LogP contribution in [0.4, 0.5) is 10.5 Å². The third-order valence-corrected chi connectivity index (χ3v) is 5.91. The van der Waals surface area contributed by atoms with E-state index in [1.165, 1.54) is 6.92 Å². The number of anilines is 1. The van der Waals surface area contributed by atoms with Crippen LogP contribution in [0.2, 0.25) is 0 Å². The first-order valence-electron chi connectivity index (χ1n) is 10.4. The Kier molecular flexibility index (Phi) is 6.74. The summed E-state index contributed by atoms with van der Waals surface area (Å²) in [5.41, 5.74) is 2.83. The summed E-state index contributed by atoms with van der Waals surface area (Å²) in [5.74, 6) is -2.11. The Morgan fingerprint density at radius 2 is 1.87 bits per heavy atom. The van der Waals surface area contributed by atoms with Gasteiger partial charge >= 0.3 is 12.0 Å². The number of carbonyl (C=O) groups excluding carboxylic acids is 4. The van der Waals surface area contributed by atoms with Gasteiger partial charge in [-0.2, -0.15) is 0 Å². The smallest absolute Gasteiger partial charge is 0.321 e. The van der Waals surface area contributed by atoms with Crippen LogP contribution >= 0.6 is 0 Å². The normalized spacial score (nSPS) is 20.2. The van der Waals surface area contributed by atoms with E-state index in [0.717, 1.165) is 42.5 Å². The fraction of sp³-hybridized carbons (Fsp3) is 0.545. The second kappa shape index (κ2) is 9.28. The Hall–Kier alpha value is -2.90. The minimum Gasteiger partial charge on any atom is -0.452 e. The predicted octanol–water partition coefficient (Wildman–Crippen LogP) is 2.36. The van der Waals surface area contributed by atoms with Crippen molar-refractivity contribution in [3.05, 3.63) is 29.3 Å². The number of esters is 1. The summed E-state index contributed by atoms with van der Waals surface area (Å²) >= 11 is 0. The monoisotopic (exact) mass is 415 g/mol.